The molecule has 4 nitrogen and oxygen atoms in total. The van der Waals surface area contributed by atoms with Crippen LogP contribution >= 0.6 is 0 Å². The van der Waals surface area contributed by atoms with Gasteiger partial charge in [-0.1, -0.05) is 25.0 Å². The summed E-state index contributed by atoms with van der Waals surface area (Å²) in [5.74, 6) is 0.961. The number of hydrogen-bond donors (Lipinski definition) is 0. The van der Waals surface area contributed by atoms with E-state index in [1.165, 1.54) is 19.6 Å². The molecule has 0 saturated heterocycles. The second kappa shape index (κ2) is 6.09. The summed E-state index contributed by atoms with van der Waals surface area (Å²) in [6.45, 7) is 8.28. The van der Waals surface area contributed by atoms with Crippen molar-refractivity contribution < 1.29 is 19.1 Å². The highest BCUT2D eigenvalue weighted by Gasteiger charge is 2.66. The van der Waals surface area contributed by atoms with Gasteiger partial charge >= 0.3 is 11.9 Å². The first-order chi connectivity index (χ1) is 12.7. The van der Waals surface area contributed by atoms with Gasteiger partial charge < -0.3 is 9.47 Å². The summed E-state index contributed by atoms with van der Waals surface area (Å²) in [5.41, 5.74) is 1.32. The van der Waals surface area contributed by atoms with Gasteiger partial charge in [-0.25, -0.2) is 0 Å². The normalized spacial score (nSPS) is 48.1. The molecule has 3 saturated carbocycles. The van der Waals surface area contributed by atoms with Crippen LogP contribution in [0.2, 0.25) is 0 Å². The van der Waals surface area contributed by atoms with E-state index >= 15 is 0 Å². The highest BCUT2D eigenvalue weighted by atomic mass is 16.5. The van der Waals surface area contributed by atoms with Crippen LogP contribution in [-0.4, -0.2) is 25.2 Å². The Bertz CT molecular complexity index is 696. The lowest BCUT2D eigenvalue weighted by Crippen LogP contribution is -2.59. The van der Waals surface area contributed by atoms with Crippen molar-refractivity contribution in [2.75, 3.05) is 7.11 Å². The van der Waals surface area contributed by atoms with Crippen LogP contribution in [0.15, 0.2) is 11.6 Å². The first-order valence-electron chi connectivity index (χ1n) is 10.6. The molecule has 0 radical (unpaired) electrons. The van der Waals surface area contributed by atoms with Crippen molar-refractivity contribution in [2.45, 2.75) is 78.7 Å². The van der Waals surface area contributed by atoms with E-state index in [1.54, 1.807) is 0 Å². The van der Waals surface area contributed by atoms with Crippen molar-refractivity contribution in [3.8, 4) is 0 Å². The van der Waals surface area contributed by atoms with E-state index in [0.29, 0.717) is 17.8 Å². The summed E-state index contributed by atoms with van der Waals surface area (Å²) >= 11 is 0. The molecule has 150 valence electrons. The molecule has 0 amide bonds. The van der Waals surface area contributed by atoms with Crippen LogP contribution in [0.3, 0.4) is 0 Å². The lowest BCUT2D eigenvalue weighted by atomic mass is 9.40. The zero-order valence-electron chi connectivity index (χ0n) is 17.5. The second-order valence-corrected chi connectivity index (χ2v) is 10.2. The topological polar surface area (TPSA) is 52.6 Å². The van der Waals surface area contributed by atoms with Crippen LogP contribution in [0.1, 0.15) is 72.6 Å². The van der Waals surface area contributed by atoms with E-state index in [9.17, 15) is 9.59 Å². The molecule has 3 fully saturated rings. The number of fused-ring (bicyclic) bond motifs is 3. The first kappa shape index (κ1) is 19.0. The Balaban J connectivity index is 1.74. The predicted molar refractivity (Wildman–Crippen MR) is 103 cm³/mol. The third kappa shape index (κ3) is 2.54. The zero-order chi connectivity index (χ0) is 19.6. The molecule has 4 aliphatic rings. The number of carbonyl (C=O) groups is 2. The minimum atomic E-state index is -0.394. The quantitative estimate of drug-likeness (QED) is 0.521. The first-order valence-corrected chi connectivity index (χ1v) is 10.6. The number of allylic oxidation sites excluding steroid dienone is 1. The Labute approximate surface area is 163 Å². The Morgan fingerprint density at radius 1 is 1.15 bits per heavy atom. The van der Waals surface area contributed by atoms with E-state index in [4.69, 9.17) is 9.47 Å². The maximum Gasteiger partial charge on any atom is 0.311 e. The number of rotatable bonds is 2. The van der Waals surface area contributed by atoms with Gasteiger partial charge in [-0.05, 0) is 75.0 Å². The van der Waals surface area contributed by atoms with E-state index in [2.05, 4.69) is 26.8 Å². The number of ether oxygens (including phenoxy) is 2. The Hall–Kier alpha value is -1.32. The summed E-state index contributed by atoms with van der Waals surface area (Å²) in [6.07, 6.45) is 9.93. The molecule has 4 rings (SSSR count). The van der Waals surface area contributed by atoms with Crippen molar-refractivity contribution in [3.05, 3.63) is 11.6 Å². The summed E-state index contributed by atoms with van der Waals surface area (Å²) in [4.78, 5) is 24.5. The fourth-order valence-electron chi connectivity index (χ4n) is 7.98. The monoisotopic (exact) mass is 374 g/mol. The minimum absolute atomic E-state index is 0.0127. The van der Waals surface area contributed by atoms with Gasteiger partial charge in [0.1, 0.15) is 6.10 Å². The summed E-state index contributed by atoms with van der Waals surface area (Å²) in [6, 6.07) is 0. The maximum absolute atomic E-state index is 12.8. The third-order valence-corrected chi connectivity index (χ3v) is 8.95. The number of carbonyl (C=O) groups excluding carboxylic acids is 2. The molecule has 4 aliphatic carbocycles. The molecule has 7 atom stereocenters. The van der Waals surface area contributed by atoms with Crippen LogP contribution < -0.4 is 0 Å². The summed E-state index contributed by atoms with van der Waals surface area (Å²) in [7, 11) is 1.52. The third-order valence-electron chi connectivity index (χ3n) is 8.95. The predicted octanol–water partition coefficient (Wildman–Crippen LogP) is 4.67. The minimum Gasteiger partial charge on any atom is -0.469 e. The van der Waals surface area contributed by atoms with Gasteiger partial charge in [0.2, 0.25) is 0 Å². The van der Waals surface area contributed by atoms with Crippen LogP contribution in [0, 0.1) is 34.0 Å². The lowest BCUT2D eigenvalue weighted by molar-refractivity contribution is -0.189. The Morgan fingerprint density at radius 3 is 2.56 bits per heavy atom. The fourth-order valence-corrected chi connectivity index (χ4v) is 7.98. The standard InChI is InChI=1S/C23H34O4/c1-14-12-23-10-7-18-21(3,8-6-9-22(18,4)20(25)26-5)19(23)11-17(16(14)13-23)27-15(2)24/h12,16-19H,6-11,13H2,1-5H3/t16-,17-,18-,19-,21+,22+,23+/m0/s1. The zero-order valence-corrected chi connectivity index (χ0v) is 17.5. The van der Waals surface area contributed by atoms with Crippen molar-refractivity contribution in [1.82, 2.24) is 0 Å². The molecule has 1 spiro atoms. The highest BCUT2D eigenvalue weighted by Crippen LogP contribution is 2.71. The maximum atomic E-state index is 12.8. The van der Waals surface area contributed by atoms with Gasteiger partial charge in [0.15, 0.2) is 0 Å². The van der Waals surface area contributed by atoms with E-state index < -0.39 is 5.41 Å². The molecule has 0 aliphatic heterocycles. The molecule has 4 heteroatoms. The average Bonchev–Trinajstić information content (AvgIpc) is 2.87. The number of esters is 2. The van der Waals surface area contributed by atoms with Crippen LogP contribution in [0.4, 0.5) is 0 Å². The smallest absolute Gasteiger partial charge is 0.311 e. The van der Waals surface area contributed by atoms with Crippen LogP contribution in [0.25, 0.3) is 0 Å². The molecule has 2 bridgehead atoms. The van der Waals surface area contributed by atoms with Gasteiger partial charge in [0.25, 0.3) is 0 Å². The van der Waals surface area contributed by atoms with Gasteiger partial charge in [-0.3, -0.25) is 9.59 Å². The molecule has 0 heterocycles. The van der Waals surface area contributed by atoms with E-state index in [0.717, 1.165) is 44.9 Å². The molecule has 0 unspecified atom stereocenters. The van der Waals surface area contributed by atoms with Crippen molar-refractivity contribution >= 4 is 11.9 Å². The molecule has 0 aromatic heterocycles. The average molecular weight is 375 g/mol. The number of methoxy groups -OCH3 is 1. The molecule has 27 heavy (non-hydrogen) atoms. The van der Waals surface area contributed by atoms with Crippen LogP contribution in [-0.2, 0) is 19.1 Å². The van der Waals surface area contributed by atoms with E-state index in [-0.39, 0.29) is 28.9 Å². The molecule has 0 aromatic carbocycles. The lowest BCUT2D eigenvalue weighted by Gasteiger charge is -2.63. The van der Waals surface area contributed by atoms with Crippen molar-refractivity contribution in [3.63, 3.8) is 0 Å². The van der Waals surface area contributed by atoms with Gasteiger partial charge in [-0.2, -0.15) is 0 Å². The van der Waals surface area contributed by atoms with Crippen molar-refractivity contribution in [1.29, 1.82) is 0 Å². The van der Waals surface area contributed by atoms with Crippen molar-refractivity contribution in [2.24, 2.45) is 34.0 Å². The summed E-state index contributed by atoms with van der Waals surface area (Å²) in [5, 5.41) is 0. The molecule has 0 aromatic rings. The molecular weight excluding hydrogens is 340 g/mol. The largest absolute Gasteiger partial charge is 0.469 e. The Kier molecular flexibility index (Phi) is 4.29. The van der Waals surface area contributed by atoms with Gasteiger partial charge in [0.05, 0.1) is 12.5 Å². The molecule has 0 N–H and O–H groups in total. The highest BCUT2D eigenvalue weighted by molar-refractivity contribution is 5.77. The van der Waals surface area contributed by atoms with E-state index in [1.807, 2.05) is 0 Å². The van der Waals surface area contributed by atoms with Gasteiger partial charge in [-0.15, -0.1) is 0 Å². The van der Waals surface area contributed by atoms with Crippen LogP contribution in [0.5, 0.6) is 0 Å². The summed E-state index contributed by atoms with van der Waals surface area (Å²) < 4.78 is 11.1. The SMILES string of the molecule is COC(=O)[C@]1(C)CCC[C@@]2(C)[C@@H]3C[C@H](OC(C)=O)[C@H]4C[C@]3(C=C4C)CC[C@@H]21. The van der Waals surface area contributed by atoms with Gasteiger partial charge in [0, 0.05) is 12.8 Å². The fraction of sp³-hybridized carbons (Fsp3) is 0.826. The number of hydrogen-bond acceptors (Lipinski definition) is 4. The molecular formula is C23H34O4. The second-order valence-electron chi connectivity index (χ2n) is 10.2. The Morgan fingerprint density at radius 2 is 1.89 bits per heavy atom.